The van der Waals surface area contributed by atoms with E-state index in [-0.39, 0.29) is 24.5 Å². The van der Waals surface area contributed by atoms with Gasteiger partial charge in [0.1, 0.15) is 5.75 Å². The third kappa shape index (κ3) is 5.24. The van der Waals surface area contributed by atoms with Crippen LogP contribution >= 0.6 is 0 Å². The highest BCUT2D eigenvalue weighted by molar-refractivity contribution is 5.89. The van der Waals surface area contributed by atoms with Crippen molar-refractivity contribution in [2.75, 3.05) is 19.0 Å². The molecule has 0 bridgehead atoms. The molecule has 0 saturated carbocycles. The third-order valence-corrected chi connectivity index (χ3v) is 4.45. The lowest BCUT2D eigenvalue weighted by Gasteiger charge is -2.10. The van der Waals surface area contributed by atoms with Crippen LogP contribution in [-0.4, -0.2) is 34.0 Å². The predicted octanol–water partition coefficient (Wildman–Crippen LogP) is 3.10. The number of alkyl halides is 3. The Hall–Kier alpha value is -3.76. The summed E-state index contributed by atoms with van der Waals surface area (Å²) in [5, 5.41) is 9.11. The number of hydrogen-bond acceptors (Lipinski definition) is 4. The number of nitrogens with zero attached hydrogens (tertiary/aromatic N) is 3. The first-order chi connectivity index (χ1) is 14.7. The van der Waals surface area contributed by atoms with Crippen LogP contribution in [0.5, 0.6) is 5.75 Å². The summed E-state index contributed by atoms with van der Waals surface area (Å²) in [7, 11) is 3.13. The van der Waals surface area contributed by atoms with Gasteiger partial charge in [0.25, 0.3) is 0 Å². The van der Waals surface area contributed by atoms with E-state index < -0.39 is 17.8 Å². The predicted molar refractivity (Wildman–Crippen MR) is 108 cm³/mol. The Morgan fingerprint density at radius 1 is 1.16 bits per heavy atom. The maximum absolute atomic E-state index is 12.8. The summed E-state index contributed by atoms with van der Waals surface area (Å²) in [4.78, 5) is 24.4. The van der Waals surface area contributed by atoms with Crippen LogP contribution in [0.3, 0.4) is 0 Å². The number of amides is 2. The van der Waals surface area contributed by atoms with Crippen molar-refractivity contribution in [3.05, 3.63) is 64.6 Å². The number of ether oxygens (including phenoxy) is 1. The molecule has 0 atom stereocenters. The second-order valence-corrected chi connectivity index (χ2v) is 6.58. The standard InChI is InChI=1S/C20H20F3N5O3/c1-27-17(13-6-8-16(31-2)9-7-13)26-28(19(27)30)11-10-24-18(29)25-15-5-3-4-14(12-15)20(21,22)23/h3-9,12H,10-11H2,1-2H3,(H2,24,25,29). The van der Waals surface area contributed by atoms with Crippen LogP contribution < -0.4 is 21.1 Å². The zero-order chi connectivity index (χ0) is 22.6. The second-order valence-electron chi connectivity index (χ2n) is 6.58. The smallest absolute Gasteiger partial charge is 0.416 e. The van der Waals surface area contributed by atoms with Crippen LogP contribution in [0.2, 0.25) is 0 Å². The van der Waals surface area contributed by atoms with Crippen molar-refractivity contribution in [2.24, 2.45) is 7.05 Å². The van der Waals surface area contributed by atoms with E-state index >= 15 is 0 Å². The normalized spacial score (nSPS) is 11.3. The van der Waals surface area contributed by atoms with Crippen molar-refractivity contribution in [3.8, 4) is 17.1 Å². The second kappa shape index (κ2) is 8.94. The van der Waals surface area contributed by atoms with Gasteiger partial charge in [-0.1, -0.05) is 6.07 Å². The van der Waals surface area contributed by atoms with Crippen molar-refractivity contribution in [1.29, 1.82) is 0 Å². The summed E-state index contributed by atoms with van der Waals surface area (Å²) in [6.45, 7) is 0.128. The number of halogens is 3. The van der Waals surface area contributed by atoms with Crippen LogP contribution in [0.4, 0.5) is 23.7 Å². The highest BCUT2D eigenvalue weighted by atomic mass is 19.4. The van der Waals surface area contributed by atoms with Crippen LogP contribution in [-0.2, 0) is 19.8 Å². The Balaban J connectivity index is 1.60. The number of benzene rings is 2. The SMILES string of the molecule is COc1ccc(-c2nn(CCNC(=O)Nc3cccc(C(F)(F)F)c3)c(=O)n2C)cc1. The summed E-state index contributed by atoms with van der Waals surface area (Å²) >= 11 is 0. The van der Waals surface area contributed by atoms with Crippen molar-refractivity contribution >= 4 is 11.7 Å². The number of rotatable bonds is 6. The van der Waals surface area contributed by atoms with Crippen molar-refractivity contribution in [1.82, 2.24) is 19.7 Å². The first-order valence-electron chi connectivity index (χ1n) is 9.19. The maximum atomic E-state index is 12.8. The molecule has 164 valence electrons. The zero-order valence-corrected chi connectivity index (χ0v) is 16.7. The number of aromatic nitrogens is 3. The van der Waals surface area contributed by atoms with Crippen molar-refractivity contribution in [2.45, 2.75) is 12.7 Å². The molecule has 3 aromatic rings. The first-order valence-corrected chi connectivity index (χ1v) is 9.19. The van der Waals surface area contributed by atoms with E-state index in [9.17, 15) is 22.8 Å². The Labute approximate surface area is 175 Å². The molecule has 0 fully saturated rings. The number of carbonyl (C=O) groups excluding carboxylic acids is 1. The molecule has 2 N–H and O–H groups in total. The molecule has 2 aromatic carbocycles. The van der Waals surface area contributed by atoms with Gasteiger partial charge in [-0.25, -0.2) is 14.3 Å². The molecule has 0 aliphatic heterocycles. The molecule has 31 heavy (non-hydrogen) atoms. The Morgan fingerprint density at radius 2 is 1.87 bits per heavy atom. The van der Waals surface area contributed by atoms with Gasteiger partial charge in [-0.15, -0.1) is 5.10 Å². The molecule has 0 aliphatic carbocycles. The van der Waals surface area contributed by atoms with Crippen molar-refractivity contribution < 1.29 is 22.7 Å². The molecule has 0 saturated heterocycles. The first kappa shape index (κ1) is 21.9. The molecule has 11 heteroatoms. The van der Waals surface area contributed by atoms with Crippen LogP contribution in [0.1, 0.15) is 5.56 Å². The van der Waals surface area contributed by atoms with Gasteiger partial charge in [0.2, 0.25) is 0 Å². The van der Waals surface area contributed by atoms with E-state index in [4.69, 9.17) is 4.74 Å². The third-order valence-electron chi connectivity index (χ3n) is 4.45. The lowest BCUT2D eigenvalue weighted by Crippen LogP contribution is -2.34. The average molecular weight is 435 g/mol. The maximum Gasteiger partial charge on any atom is 0.416 e. The fourth-order valence-corrected chi connectivity index (χ4v) is 2.85. The Kier molecular flexibility index (Phi) is 6.33. The molecular formula is C20H20F3N5O3. The van der Waals surface area contributed by atoms with Gasteiger partial charge in [0.15, 0.2) is 5.82 Å². The van der Waals surface area contributed by atoms with Gasteiger partial charge < -0.3 is 15.4 Å². The topological polar surface area (TPSA) is 90.2 Å². The molecule has 1 heterocycles. The van der Waals surface area contributed by atoms with Crippen LogP contribution in [0.15, 0.2) is 53.3 Å². The molecule has 1 aromatic heterocycles. The quantitative estimate of drug-likeness (QED) is 0.623. The molecule has 3 rings (SSSR count). The molecular weight excluding hydrogens is 415 g/mol. The number of hydrogen-bond donors (Lipinski definition) is 2. The van der Waals surface area contributed by atoms with E-state index in [1.165, 1.54) is 21.4 Å². The molecule has 0 unspecified atom stereocenters. The average Bonchev–Trinajstić information content (AvgIpc) is 3.02. The summed E-state index contributed by atoms with van der Waals surface area (Å²) in [5.41, 5.74) is -0.513. The summed E-state index contributed by atoms with van der Waals surface area (Å²) in [6, 6.07) is 10.6. The van der Waals surface area contributed by atoms with Gasteiger partial charge >= 0.3 is 17.9 Å². The summed E-state index contributed by atoms with van der Waals surface area (Å²) in [5.74, 6) is 1.12. The summed E-state index contributed by atoms with van der Waals surface area (Å²) < 4.78 is 45.9. The minimum atomic E-state index is -4.50. The molecule has 2 amide bonds. The van der Waals surface area contributed by atoms with E-state index in [1.807, 2.05) is 0 Å². The molecule has 0 spiro atoms. The Morgan fingerprint density at radius 3 is 2.52 bits per heavy atom. The lowest BCUT2D eigenvalue weighted by atomic mass is 10.2. The van der Waals surface area contributed by atoms with Gasteiger partial charge in [-0.05, 0) is 42.5 Å². The van der Waals surface area contributed by atoms with Crippen LogP contribution in [0, 0.1) is 0 Å². The van der Waals surface area contributed by atoms with Gasteiger partial charge in [0.05, 0.1) is 19.2 Å². The Bertz CT molecular complexity index is 1120. The molecule has 0 aliphatic rings. The number of anilines is 1. The monoisotopic (exact) mass is 435 g/mol. The minimum Gasteiger partial charge on any atom is -0.497 e. The van der Waals surface area contributed by atoms with Gasteiger partial charge in [0, 0.05) is 24.8 Å². The van der Waals surface area contributed by atoms with E-state index in [0.29, 0.717) is 11.6 Å². The fourth-order valence-electron chi connectivity index (χ4n) is 2.85. The molecule has 8 nitrogen and oxygen atoms in total. The van der Waals surface area contributed by atoms with Gasteiger partial charge in [-0.2, -0.15) is 13.2 Å². The summed E-state index contributed by atoms with van der Waals surface area (Å²) in [6.07, 6.45) is -4.50. The largest absolute Gasteiger partial charge is 0.497 e. The highest BCUT2D eigenvalue weighted by Gasteiger charge is 2.30. The van der Waals surface area contributed by atoms with E-state index in [1.54, 1.807) is 38.4 Å². The fraction of sp³-hybridized carbons (Fsp3) is 0.250. The lowest BCUT2D eigenvalue weighted by molar-refractivity contribution is -0.137. The highest BCUT2D eigenvalue weighted by Crippen LogP contribution is 2.30. The minimum absolute atomic E-state index is 0.00381. The number of methoxy groups -OCH3 is 1. The van der Waals surface area contributed by atoms with Crippen LogP contribution in [0.25, 0.3) is 11.4 Å². The number of nitrogens with one attached hydrogen (secondary N) is 2. The zero-order valence-electron chi connectivity index (χ0n) is 16.7. The number of urea groups is 1. The van der Waals surface area contributed by atoms with Gasteiger partial charge in [-0.3, -0.25) is 4.57 Å². The van der Waals surface area contributed by atoms with E-state index in [0.717, 1.165) is 17.7 Å². The van der Waals surface area contributed by atoms with Crippen molar-refractivity contribution in [3.63, 3.8) is 0 Å². The van der Waals surface area contributed by atoms with E-state index in [2.05, 4.69) is 15.7 Å². The molecule has 0 radical (unpaired) electrons. The number of carbonyl (C=O) groups is 1.